The number of aliphatic hydroxyl groups excluding tert-OH is 1. The monoisotopic (exact) mass is 183 g/mol. The van der Waals surface area contributed by atoms with Crippen molar-refractivity contribution in [3.63, 3.8) is 0 Å². The third-order valence-corrected chi connectivity index (χ3v) is 1.79. The van der Waals surface area contributed by atoms with Gasteiger partial charge in [-0.3, -0.25) is 4.79 Å². The molecule has 1 aliphatic rings. The van der Waals surface area contributed by atoms with Gasteiger partial charge in [0.2, 0.25) is 5.91 Å². The first-order chi connectivity index (χ1) is 5.41. The third kappa shape index (κ3) is 1.88. The molecule has 0 bridgehead atoms. The zero-order valence-electron chi connectivity index (χ0n) is 6.06. The smallest absolute Gasteiger partial charge is 0.383 e. The van der Waals surface area contributed by atoms with E-state index in [1.165, 1.54) is 0 Å². The molecule has 0 aliphatic carbocycles. The lowest BCUT2D eigenvalue weighted by Crippen LogP contribution is -2.36. The molecule has 0 aromatic heterocycles. The lowest BCUT2D eigenvalue weighted by atomic mass is 10.0. The second kappa shape index (κ2) is 2.93. The van der Waals surface area contributed by atoms with E-state index in [2.05, 4.69) is 5.32 Å². The largest absolute Gasteiger partial charge is 0.414 e. The van der Waals surface area contributed by atoms with Crippen molar-refractivity contribution in [2.45, 2.75) is 18.7 Å². The van der Waals surface area contributed by atoms with Gasteiger partial charge in [0.25, 0.3) is 0 Å². The van der Waals surface area contributed by atoms with Gasteiger partial charge in [-0.1, -0.05) is 0 Å². The summed E-state index contributed by atoms with van der Waals surface area (Å²) >= 11 is 0. The molecule has 0 aromatic carbocycles. The van der Waals surface area contributed by atoms with Crippen molar-refractivity contribution in [2.75, 3.05) is 6.54 Å². The Kier molecular flexibility index (Phi) is 2.27. The topological polar surface area (TPSA) is 49.3 Å². The summed E-state index contributed by atoms with van der Waals surface area (Å²) in [6.07, 6.45) is -7.27. The molecule has 70 valence electrons. The van der Waals surface area contributed by atoms with Crippen LogP contribution in [-0.4, -0.2) is 29.8 Å². The summed E-state index contributed by atoms with van der Waals surface area (Å²) < 4.78 is 35.5. The fourth-order valence-corrected chi connectivity index (χ4v) is 1.12. The lowest BCUT2D eigenvalue weighted by molar-refractivity contribution is -0.217. The van der Waals surface area contributed by atoms with E-state index in [4.69, 9.17) is 5.11 Å². The van der Waals surface area contributed by atoms with E-state index in [9.17, 15) is 18.0 Å². The Morgan fingerprint density at radius 2 is 2.17 bits per heavy atom. The first-order valence-electron chi connectivity index (χ1n) is 3.42. The quantitative estimate of drug-likeness (QED) is 0.603. The highest BCUT2D eigenvalue weighted by Gasteiger charge is 2.45. The molecule has 2 N–H and O–H groups in total. The van der Waals surface area contributed by atoms with Crippen molar-refractivity contribution in [3.05, 3.63) is 0 Å². The van der Waals surface area contributed by atoms with Crippen molar-refractivity contribution >= 4 is 5.91 Å². The van der Waals surface area contributed by atoms with Gasteiger partial charge in [0.15, 0.2) is 6.10 Å². The van der Waals surface area contributed by atoms with Gasteiger partial charge in [0, 0.05) is 18.9 Å². The van der Waals surface area contributed by atoms with Gasteiger partial charge in [0.1, 0.15) is 0 Å². The Morgan fingerprint density at radius 1 is 1.58 bits per heavy atom. The highest BCUT2D eigenvalue weighted by atomic mass is 19.4. The molecular formula is C6H8F3NO2. The standard InChI is InChI=1S/C6H8F3NO2/c7-6(8,9)5(12)3-1-4(11)10-2-3/h3,5,12H,1-2H2,(H,10,11)/t3-,5+/m0/s1. The summed E-state index contributed by atoms with van der Waals surface area (Å²) in [5.41, 5.74) is 0. The van der Waals surface area contributed by atoms with Crippen LogP contribution in [0.1, 0.15) is 6.42 Å². The summed E-state index contributed by atoms with van der Waals surface area (Å²) in [7, 11) is 0. The molecule has 1 aliphatic heterocycles. The van der Waals surface area contributed by atoms with Gasteiger partial charge < -0.3 is 10.4 Å². The van der Waals surface area contributed by atoms with Crippen LogP contribution in [0.2, 0.25) is 0 Å². The van der Waals surface area contributed by atoms with Crippen molar-refractivity contribution < 1.29 is 23.1 Å². The number of carbonyl (C=O) groups excluding carboxylic acids is 1. The number of carbonyl (C=O) groups is 1. The molecule has 3 nitrogen and oxygen atoms in total. The maximum Gasteiger partial charge on any atom is 0.414 e. The second-order valence-electron chi connectivity index (χ2n) is 2.75. The van der Waals surface area contributed by atoms with Crippen LogP contribution < -0.4 is 5.32 Å². The summed E-state index contributed by atoms with van der Waals surface area (Å²) in [5, 5.41) is 10.9. The summed E-state index contributed by atoms with van der Waals surface area (Å²) in [6.45, 7) is -0.0977. The number of hydrogen-bond acceptors (Lipinski definition) is 2. The molecular weight excluding hydrogens is 175 g/mol. The Labute approximate surface area is 66.6 Å². The summed E-state index contributed by atoms with van der Waals surface area (Å²) in [4.78, 5) is 10.5. The minimum absolute atomic E-state index is 0.0977. The molecule has 12 heavy (non-hydrogen) atoms. The summed E-state index contributed by atoms with van der Waals surface area (Å²) in [5.74, 6) is -1.47. The van der Waals surface area contributed by atoms with Crippen LogP contribution in [0.5, 0.6) is 0 Å². The van der Waals surface area contributed by atoms with Crippen LogP contribution in [0, 0.1) is 5.92 Å². The van der Waals surface area contributed by atoms with Crippen LogP contribution in [0.25, 0.3) is 0 Å². The number of hydrogen-bond donors (Lipinski definition) is 2. The average molecular weight is 183 g/mol. The van der Waals surface area contributed by atoms with E-state index in [0.29, 0.717) is 0 Å². The number of rotatable bonds is 1. The predicted molar refractivity (Wildman–Crippen MR) is 33.2 cm³/mol. The summed E-state index contributed by atoms with van der Waals surface area (Å²) in [6, 6.07) is 0. The number of amides is 1. The van der Waals surface area contributed by atoms with Crippen LogP contribution in [0.15, 0.2) is 0 Å². The molecule has 1 rings (SSSR count). The van der Waals surface area contributed by atoms with E-state index in [1.54, 1.807) is 0 Å². The van der Waals surface area contributed by atoms with Crippen LogP contribution in [0.4, 0.5) is 13.2 Å². The average Bonchev–Trinajstić information content (AvgIpc) is 2.32. The van der Waals surface area contributed by atoms with E-state index in [-0.39, 0.29) is 13.0 Å². The van der Waals surface area contributed by atoms with Gasteiger partial charge in [-0.05, 0) is 0 Å². The highest BCUT2D eigenvalue weighted by molar-refractivity contribution is 5.78. The zero-order chi connectivity index (χ0) is 9.35. The van der Waals surface area contributed by atoms with Gasteiger partial charge in [-0.25, -0.2) is 0 Å². The minimum atomic E-state index is -4.63. The Balaban J connectivity index is 2.54. The first kappa shape index (κ1) is 9.31. The molecule has 0 aromatic rings. The van der Waals surface area contributed by atoms with Crippen molar-refractivity contribution in [2.24, 2.45) is 5.92 Å². The number of halogens is 3. The second-order valence-corrected chi connectivity index (χ2v) is 2.75. The van der Waals surface area contributed by atoms with E-state index >= 15 is 0 Å². The number of alkyl halides is 3. The van der Waals surface area contributed by atoms with Crippen molar-refractivity contribution in [1.29, 1.82) is 0 Å². The molecule has 0 unspecified atom stereocenters. The maximum atomic E-state index is 11.8. The van der Waals surface area contributed by atoms with E-state index in [0.717, 1.165) is 0 Å². The van der Waals surface area contributed by atoms with E-state index in [1.807, 2.05) is 0 Å². The van der Waals surface area contributed by atoms with Crippen molar-refractivity contribution in [1.82, 2.24) is 5.32 Å². The number of aliphatic hydroxyl groups is 1. The van der Waals surface area contributed by atoms with Gasteiger partial charge in [-0.15, -0.1) is 0 Å². The van der Waals surface area contributed by atoms with Gasteiger partial charge in [0.05, 0.1) is 0 Å². The third-order valence-electron chi connectivity index (χ3n) is 1.79. The normalized spacial score (nSPS) is 27.0. The minimum Gasteiger partial charge on any atom is -0.383 e. The Bertz CT molecular complexity index is 192. The molecule has 2 atom stereocenters. The fraction of sp³-hybridized carbons (Fsp3) is 0.833. The molecule has 0 saturated carbocycles. The molecule has 1 saturated heterocycles. The predicted octanol–water partition coefficient (Wildman–Crippen LogP) is 0.0457. The molecule has 1 amide bonds. The molecule has 1 heterocycles. The molecule has 0 radical (unpaired) electrons. The molecule has 1 fully saturated rings. The Morgan fingerprint density at radius 3 is 2.50 bits per heavy atom. The lowest BCUT2D eigenvalue weighted by Gasteiger charge is -2.18. The zero-order valence-corrected chi connectivity index (χ0v) is 6.06. The maximum absolute atomic E-state index is 11.8. The van der Waals surface area contributed by atoms with Gasteiger partial charge >= 0.3 is 6.18 Å². The number of nitrogens with one attached hydrogen (secondary N) is 1. The molecule has 6 heteroatoms. The van der Waals surface area contributed by atoms with Crippen molar-refractivity contribution in [3.8, 4) is 0 Å². The SMILES string of the molecule is O=C1C[C@H]([C@@H](O)C(F)(F)F)CN1. The van der Waals surface area contributed by atoms with Crippen LogP contribution in [0.3, 0.4) is 0 Å². The fourth-order valence-electron chi connectivity index (χ4n) is 1.12. The highest BCUT2D eigenvalue weighted by Crippen LogP contribution is 2.28. The van der Waals surface area contributed by atoms with Crippen LogP contribution >= 0.6 is 0 Å². The van der Waals surface area contributed by atoms with Crippen LogP contribution in [-0.2, 0) is 4.79 Å². The van der Waals surface area contributed by atoms with Gasteiger partial charge in [-0.2, -0.15) is 13.2 Å². The first-order valence-corrected chi connectivity index (χ1v) is 3.42. The Hall–Kier alpha value is -0.780. The van der Waals surface area contributed by atoms with E-state index < -0.39 is 24.1 Å². The molecule has 0 spiro atoms.